The van der Waals surface area contributed by atoms with Crippen LogP contribution in [0.3, 0.4) is 0 Å². The lowest BCUT2D eigenvalue weighted by atomic mass is 9.93. The number of rotatable bonds is 7. The third kappa shape index (κ3) is 5.06. The second kappa shape index (κ2) is 8.11. The maximum atomic E-state index is 11.9. The van der Waals surface area contributed by atoms with Crippen LogP contribution < -0.4 is 10.5 Å². The summed E-state index contributed by atoms with van der Waals surface area (Å²) in [5.74, 6) is -0.842. The standard InChI is InChI=1S/C18H27NO3Si/c1-7-12-23(5,6)16-10-8-15(9-11-16)13(2)17(18(21)22-4)19-14(3)20/h7-11,13,17H,1,12H2,2-6H3,(H,19,20). The molecule has 2 atom stereocenters. The highest BCUT2D eigenvalue weighted by molar-refractivity contribution is 6.90. The average molecular weight is 334 g/mol. The SMILES string of the molecule is C=CC[Si](C)(C)c1ccc(C(C)C(NC(C)=O)C(=O)OC)cc1. The summed E-state index contributed by atoms with van der Waals surface area (Å²) in [6.45, 7) is 11.8. The van der Waals surface area contributed by atoms with Crippen molar-refractivity contribution in [3.05, 3.63) is 42.5 Å². The predicted octanol–water partition coefficient (Wildman–Crippen LogP) is 2.57. The zero-order valence-electron chi connectivity index (χ0n) is 14.7. The van der Waals surface area contributed by atoms with Crippen LogP contribution in [-0.2, 0) is 14.3 Å². The highest BCUT2D eigenvalue weighted by Crippen LogP contribution is 2.21. The molecule has 1 rings (SSSR count). The van der Waals surface area contributed by atoms with Crippen LogP contribution in [0.25, 0.3) is 0 Å². The Labute approximate surface area is 139 Å². The summed E-state index contributed by atoms with van der Waals surface area (Å²) in [5.41, 5.74) is 1.00. The number of carbonyl (C=O) groups excluding carboxylic acids is 2. The summed E-state index contributed by atoms with van der Waals surface area (Å²) in [5, 5.41) is 4.03. The molecule has 0 fully saturated rings. The number of hydrogen-bond acceptors (Lipinski definition) is 3. The van der Waals surface area contributed by atoms with E-state index in [0.29, 0.717) is 0 Å². The number of benzene rings is 1. The Morgan fingerprint density at radius 3 is 2.30 bits per heavy atom. The van der Waals surface area contributed by atoms with Gasteiger partial charge in [0.25, 0.3) is 0 Å². The summed E-state index contributed by atoms with van der Waals surface area (Å²) in [6.07, 6.45) is 1.98. The van der Waals surface area contributed by atoms with Gasteiger partial charge >= 0.3 is 5.97 Å². The van der Waals surface area contributed by atoms with E-state index in [1.807, 2.05) is 25.1 Å². The molecule has 1 amide bonds. The molecule has 23 heavy (non-hydrogen) atoms. The first-order chi connectivity index (χ1) is 10.7. The molecular formula is C18H27NO3Si. The molecule has 0 aromatic heterocycles. The Morgan fingerprint density at radius 2 is 1.87 bits per heavy atom. The molecule has 0 bridgehead atoms. The van der Waals surface area contributed by atoms with Crippen LogP contribution >= 0.6 is 0 Å². The molecule has 126 valence electrons. The molecule has 1 aromatic carbocycles. The van der Waals surface area contributed by atoms with Crippen molar-refractivity contribution in [3.8, 4) is 0 Å². The van der Waals surface area contributed by atoms with Crippen molar-refractivity contribution in [3.63, 3.8) is 0 Å². The van der Waals surface area contributed by atoms with Crippen LogP contribution in [0.5, 0.6) is 0 Å². The van der Waals surface area contributed by atoms with E-state index in [9.17, 15) is 9.59 Å². The van der Waals surface area contributed by atoms with Crippen LogP contribution in [0.2, 0.25) is 19.1 Å². The van der Waals surface area contributed by atoms with Crippen molar-refractivity contribution in [2.24, 2.45) is 0 Å². The van der Waals surface area contributed by atoms with Gasteiger partial charge in [-0.15, -0.1) is 6.58 Å². The molecule has 1 N–H and O–H groups in total. The van der Waals surface area contributed by atoms with E-state index in [1.165, 1.54) is 19.2 Å². The van der Waals surface area contributed by atoms with E-state index >= 15 is 0 Å². The van der Waals surface area contributed by atoms with Gasteiger partial charge in [0, 0.05) is 12.8 Å². The summed E-state index contributed by atoms with van der Waals surface area (Å²) in [7, 11) is -0.169. The Hall–Kier alpha value is -1.88. The highest BCUT2D eigenvalue weighted by atomic mass is 28.3. The number of esters is 1. The Balaban J connectivity index is 3.02. The molecular weight excluding hydrogens is 306 g/mol. The maximum Gasteiger partial charge on any atom is 0.328 e. The molecule has 2 unspecified atom stereocenters. The van der Waals surface area contributed by atoms with Gasteiger partial charge in [-0.1, -0.05) is 55.5 Å². The molecule has 0 saturated carbocycles. The zero-order chi connectivity index (χ0) is 17.6. The zero-order valence-corrected chi connectivity index (χ0v) is 15.7. The van der Waals surface area contributed by atoms with E-state index < -0.39 is 20.1 Å². The fourth-order valence-electron chi connectivity index (χ4n) is 2.64. The van der Waals surface area contributed by atoms with Crippen molar-refractivity contribution in [1.82, 2.24) is 5.32 Å². The number of carbonyl (C=O) groups is 2. The van der Waals surface area contributed by atoms with Gasteiger partial charge in [-0.3, -0.25) is 4.79 Å². The minimum atomic E-state index is -1.50. The third-order valence-corrected chi connectivity index (χ3v) is 7.39. The Morgan fingerprint density at radius 1 is 1.30 bits per heavy atom. The lowest BCUT2D eigenvalue weighted by Gasteiger charge is -2.25. The Kier molecular flexibility index (Phi) is 6.75. The van der Waals surface area contributed by atoms with Gasteiger partial charge in [0.05, 0.1) is 15.2 Å². The van der Waals surface area contributed by atoms with Crippen LogP contribution in [-0.4, -0.2) is 33.1 Å². The van der Waals surface area contributed by atoms with Crippen LogP contribution in [0.4, 0.5) is 0 Å². The van der Waals surface area contributed by atoms with Crippen LogP contribution in [0.15, 0.2) is 36.9 Å². The average Bonchev–Trinajstić information content (AvgIpc) is 2.51. The van der Waals surface area contributed by atoms with Crippen LogP contribution in [0, 0.1) is 0 Å². The maximum absolute atomic E-state index is 11.9. The number of ether oxygens (including phenoxy) is 1. The molecule has 0 radical (unpaired) electrons. The van der Waals surface area contributed by atoms with Gasteiger partial charge in [0.1, 0.15) is 6.04 Å². The molecule has 0 aliphatic rings. The fourth-order valence-corrected chi connectivity index (χ4v) is 4.67. The quantitative estimate of drug-likeness (QED) is 0.474. The lowest BCUT2D eigenvalue weighted by Crippen LogP contribution is -2.44. The topological polar surface area (TPSA) is 55.4 Å². The predicted molar refractivity (Wildman–Crippen MR) is 96.6 cm³/mol. The number of allylic oxidation sites excluding steroid dienone is 1. The van der Waals surface area contributed by atoms with Crippen molar-refractivity contribution in [2.45, 2.75) is 44.9 Å². The smallest absolute Gasteiger partial charge is 0.328 e. The number of nitrogens with one attached hydrogen (secondary N) is 1. The fraction of sp³-hybridized carbons (Fsp3) is 0.444. The Bertz CT molecular complexity index is 566. The summed E-state index contributed by atoms with van der Waals surface area (Å²) in [4.78, 5) is 23.3. The second-order valence-electron chi connectivity index (χ2n) is 6.49. The molecule has 0 spiro atoms. The van der Waals surface area contributed by atoms with Crippen molar-refractivity contribution in [2.75, 3.05) is 7.11 Å². The molecule has 0 aliphatic heterocycles. The summed E-state index contributed by atoms with van der Waals surface area (Å²) >= 11 is 0. The third-order valence-electron chi connectivity index (χ3n) is 4.19. The number of methoxy groups -OCH3 is 1. The lowest BCUT2D eigenvalue weighted by molar-refractivity contribution is -0.145. The first kappa shape index (κ1) is 19.2. The summed E-state index contributed by atoms with van der Waals surface area (Å²) in [6, 6.07) is 8.68. The molecule has 5 heteroatoms. The molecule has 1 aromatic rings. The molecule has 0 saturated heterocycles. The second-order valence-corrected chi connectivity index (χ2v) is 11.2. The summed E-state index contributed by atoms with van der Waals surface area (Å²) < 4.78 is 4.81. The minimum absolute atomic E-state index is 0.162. The minimum Gasteiger partial charge on any atom is -0.467 e. The van der Waals surface area contributed by atoms with Gasteiger partial charge in [-0.05, 0) is 11.6 Å². The van der Waals surface area contributed by atoms with Crippen molar-refractivity contribution in [1.29, 1.82) is 0 Å². The van der Waals surface area contributed by atoms with E-state index in [1.54, 1.807) is 0 Å². The van der Waals surface area contributed by atoms with E-state index in [4.69, 9.17) is 4.74 Å². The monoisotopic (exact) mass is 333 g/mol. The van der Waals surface area contributed by atoms with Gasteiger partial charge in [-0.2, -0.15) is 0 Å². The van der Waals surface area contributed by atoms with Crippen LogP contribution in [0.1, 0.15) is 25.3 Å². The molecule has 0 aliphatic carbocycles. The molecule has 0 heterocycles. The van der Waals surface area contributed by atoms with Crippen molar-refractivity contribution >= 4 is 25.1 Å². The molecule has 4 nitrogen and oxygen atoms in total. The van der Waals surface area contributed by atoms with E-state index in [0.717, 1.165) is 11.6 Å². The highest BCUT2D eigenvalue weighted by Gasteiger charge is 2.28. The van der Waals surface area contributed by atoms with Gasteiger partial charge < -0.3 is 10.1 Å². The van der Waals surface area contributed by atoms with Gasteiger partial charge in [-0.25, -0.2) is 4.79 Å². The van der Waals surface area contributed by atoms with Crippen molar-refractivity contribution < 1.29 is 14.3 Å². The van der Waals surface area contributed by atoms with E-state index in [-0.39, 0.29) is 11.8 Å². The first-order valence-corrected chi connectivity index (χ1v) is 11.0. The van der Waals surface area contributed by atoms with Gasteiger partial charge in [0.2, 0.25) is 5.91 Å². The van der Waals surface area contributed by atoms with E-state index in [2.05, 4.69) is 37.1 Å². The normalized spacial score (nSPS) is 13.8. The number of hydrogen-bond donors (Lipinski definition) is 1. The van der Waals surface area contributed by atoms with Gasteiger partial charge in [0.15, 0.2) is 0 Å². The number of amides is 1. The largest absolute Gasteiger partial charge is 0.467 e. The first-order valence-electron chi connectivity index (χ1n) is 7.79.